The Bertz CT molecular complexity index is 609. The molecule has 1 aromatic heterocycles. The molecule has 1 fully saturated rings. The number of hydrogen-bond donors (Lipinski definition) is 2. The number of aliphatic carboxylic acids is 1. The van der Waals surface area contributed by atoms with Crippen molar-refractivity contribution in [2.24, 2.45) is 5.92 Å². The van der Waals surface area contributed by atoms with Crippen LogP contribution in [0.1, 0.15) is 32.1 Å². The summed E-state index contributed by atoms with van der Waals surface area (Å²) in [4.78, 5) is 15.6. The first-order valence-electron chi connectivity index (χ1n) is 7.04. The third-order valence-corrected chi connectivity index (χ3v) is 4.98. The SMILES string of the molecule is CS(=O)(=O)c1cccnc1NC(C(=O)O)C1CCCCC1. The van der Waals surface area contributed by atoms with Crippen molar-refractivity contribution >= 4 is 21.6 Å². The number of carboxylic acids is 1. The van der Waals surface area contributed by atoms with E-state index in [0.29, 0.717) is 0 Å². The molecule has 1 unspecified atom stereocenters. The maximum Gasteiger partial charge on any atom is 0.326 e. The molecule has 6 nitrogen and oxygen atoms in total. The van der Waals surface area contributed by atoms with Crippen LogP contribution in [0.15, 0.2) is 23.2 Å². The van der Waals surface area contributed by atoms with Crippen molar-refractivity contribution < 1.29 is 18.3 Å². The fourth-order valence-corrected chi connectivity index (χ4v) is 3.58. The van der Waals surface area contributed by atoms with E-state index in [-0.39, 0.29) is 16.6 Å². The zero-order valence-corrected chi connectivity index (χ0v) is 12.8. The molecule has 0 spiro atoms. The minimum atomic E-state index is -3.45. The van der Waals surface area contributed by atoms with Gasteiger partial charge in [0.25, 0.3) is 0 Å². The Morgan fingerprint density at radius 1 is 1.38 bits per heavy atom. The Morgan fingerprint density at radius 3 is 2.62 bits per heavy atom. The number of carbonyl (C=O) groups is 1. The molecule has 116 valence electrons. The molecule has 0 aromatic carbocycles. The zero-order chi connectivity index (χ0) is 15.5. The lowest BCUT2D eigenvalue weighted by atomic mass is 9.84. The molecule has 0 radical (unpaired) electrons. The van der Waals surface area contributed by atoms with Crippen molar-refractivity contribution in [3.05, 3.63) is 18.3 Å². The van der Waals surface area contributed by atoms with Crippen LogP contribution in [-0.4, -0.2) is 36.8 Å². The van der Waals surface area contributed by atoms with E-state index in [1.165, 1.54) is 18.3 Å². The highest BCUT2D eigenvalue weighted by Gasteiger charge is 2.30. The molecule has 1 aromatic rings. The predicted molar refractivity (Wildman–Crippen MR) is 79.0 cm³/mol. The number of nitrogens with one attached hydrogen (secondary N) is 1. The Hall–Kier alpha value is -1.63. The molecule has 7 heteroatoms. The standard InChI is InChI=1S/C14H20N2O4S/c1-21(19,20)11-8-5-9-15-13(11)16-12(14(17)18)10-6-3-2-4-7-10/h5,8-10,12H,2-4,6-7H2,1H3,(H,15,16)(H,17,18). The molecular formula is C14H20N2O4S. The summed E-state index contributed by atoms with van der Waals surface area (Å²) < 4.78 is 23.5. The van der Waals surface area contributed by atoms with Crippen LogP contribution in [0.2, 0.25) is 0 Å². The van der Waals surface area contributed by atoms with Gasteiger partial charge in [0.15, 0.2) is 9.84 Å². The quantitative estimate of drug-likeness (QED) is 0.862. The number of pyridine rings is 1. The lowest BCUT2D eigenvalue weighted by Crippen LogP contribution is -2.38. The van der Waals surface area contributed by atoms with Gasteiger partial charge in [-0.2, -0.15) is 0 Å². The average molecular weight is 312 g/mol. The van der Waals surface area contributed by atoms with Crippen molar-refractivity contribution in [2.45, 2.75) is 43.0 Å². The van der Waals surface area contributed by atoms with Gasteiger partial charge in [0.1, 0.15) is 16.8 Å². The number of aromatic nitrogens is 1. The van der Waals surface area contributed by atoms with Crippen molar-refractivity contribution in [1.82, 2.24) is 4.98 Å². The molecule has 0 bridgehead atoms. The normalized spacial score (nSPS) is 18.1. The minimum absolute atomic E-state index is 0.00525. The summed E-state index contributed by atoms with van der Waals surface area (Å²) in [6.07, 6.45) is 7.37. The van der Waals surface area contributed by atoms with Crippen LogP contribution < -0.4 is 5.32 Å². The average Bonchev–Trinajstić information content (AvgIpc) is 2.44. The Morgan fingerprint density at radius 2 is 2.05 bits per heavy atom. The van der Waals surface area contributed by atoms with Gasteiger partial charge >= 0.3 is 5.97 Å². The fraction of sp³-hybridized carbons (Fsp3) is 0.571. The summed E-state index contributed by atoms with van der Waals surface area (Å²) in [7, 11) is -3.45. The number of sulfone groups is 1. The van der Waals surface area contributed by atoms with Crippen LogP contribution in [0.25, 0.3) is 0 Å². The third kappa shape index (κ3) is 3.93. The first-order valence-corrected chi connectivity index (χ1v) is 8.93. The van der Waals surface area contributed by atoms with Gasteiger partial charge in [0.2, 0.25) is 0 Å². The van der Waals surface area contributed by atoms with E-state index in [4.69, 9.17) is 0 Å². The monoisotopic (exact) mass is 312 g/mol. The highest BCUT2D eigenvalue weighted by Crippen LogP contribution is 2.29. The lowest BCUT2D eigenvalue weighted by molar-refractivity contribution is -0.139. The summed E-state index contributed by atoms with van der Waals surface area (Å²) in [6, 6.07) is 2.16. The topological polar surface area (TPSA) is 96.4 Å². The smallest absolute Gasteiger partial charge is 0.326 e. The lowest BCUT2D eigenvalue weighted by Gasteiger charge is -2.28. The van der Waals surface area contributed by atoms with Crippen LogP contribution in [0.4, 0.5) is 5.82 Å². The van der Waals surface area contributed by atoms with Gasteiger partial charge in [0, 0.05) is 12.5 Å². The van der Waals surface area contributed by atoms with E-state index in [1.807, 2.05) is 0 Å². The number of nitrogens with zero attached hydrogens (tertiary/aromatic N) is 1. The van der Waals surface area contributed by atoms with Gasteiger partial charge < -0.3 is 10.4 Å². The maximum absolute atomic E-state index is 11.8. The number of anilines is 1. The van der Waals surface area contributed by atoms with E-state index in [2.05, 4.69) is 10.3 Å². The summed E-state index contributed by atoms with van der Waals surface area (Å²) >= 11 is 0. The Balaban J connectivity index is 2.27. The van der Waals surface area contributed by atoms with Crippen molar-refractivity contribution in [1.29, 1.82) is 0 Å². The molecule has 0 aliphatic heterocycles. The molecule has 1 aliphatic rings. The molecule has 2 rings (SSSR count). The largest absolute Gasteiger partial charge is 0.480 e. The Labute approximate surface area is 124 Å². The van der Waals surface area contributed by atoms with Gasteiger partial charge in [-0.25, -0.2) is 18.2 Å². The van der Waals surface area contributed by atoms with Crippen LogP contribution in [0.3, 0.4) is 0 Å². The van der Waals surface area contributed by atoms with Gasteiger partial charge in [-0.1, -0.05) is 19.3 Å². The first-order chi connectivity index (χ1) is 9.89. The molecule has 21 heavy (non-hydrogen) atoms. The van der Waals surface area contributed by atoms with Gasteiger partial charge in [-0.15, -0.1) is 0 Å². The van der Waals surface area contributed by atoms with E-state index in [1.54, 1.807) is 0 Å². The van der Waals surface area contributed by atoms with Gasteiger partial charge in [-0.05, 0) is 30.9 Å². The highest BCUT2D eigenvalue weighted by atomic mass is 32.2. The second-order valence-electron chi connectivity index (χ2n) is 5.48. The van der Waals surface area contributed by atoms with Crippen LogP contribution in [0.5, 0.6) is 0 Å². The van der Waals surface area contributed by atoms with E-state index in [0.717, 1.165) is 38.4 Å². The molecule has 1 heterocycles. The summed E-state index contributed by atoms with van der Waals surface area (Å²) in [6.45, 7) is 0. The number of rotatable bonds is 5. The molecule has 0 saturated heterocycles. The van der Waals surface area contributed by atoms with E-state index in [9.17, 15) is 18.3 Å². The van der Waals surface area contributed by atoms with E-state index >= 15 is 0 Å². The first kappa shape index (κ1) is 15.8. The molecule has 1 aliphatic carbocycles. The van der Waals surface area contributed by atoms with Gasteiger partial charge in [-0.3, -0.25) is 0 Å². The molecule has 1 saturated carbocycles. The van der Waals surface area contributed by atoms with E-state index < -0.39 is 21.8 Å². The van der Waals surface area contributed by atoms with Gasteiger partial charge in [0.05, 0.1) is 0 Å². The van der Waals surface area contributed by atoms with Crippen LogP contribution in [-0.2, 0) is 14.6 Å². The Kier molecular flexibility index (Phi) is 4.82. The van der Waals surface area contributed by atoms with Crippen molar-refractivity contribution in [3.8, 4) is 0 Å². The fourth-order valence-electron chi connectivity index (χ4n) is 2.79. The van der Waals surface area contributed by atoms with Crippen molar-refractivity contribution in [2.75, 3.05) is 11.6 Å². The van der Waals surface area contributed by atoms with Crippen molar-refractivity contribution in [3.63, 3.8) is 0 Å². The highest BCUT2D eigenvalue weighted by molar-refractivity contribution is 7.90. The molecule has 2 N–H and O–H groups in total. The third-order valence-electron chi connectivity index (χ3n) is 3.85. The summed E-state index contributed by atoms with van der Waals surface area (Å²) in [5.74, 6) is -0.837. The second kappa shape index (κ2) is 6.43. The predicted octanol–water partition coefficient (Wildman–Crippen LogP) is 1.93. The minimum Gasteiger partial charge on any atom is -0.480 e. The summed E-state index contributed by atoms with van der Waals surface area (Å²) in [5.41, 5.74) is 0. The number of hydrogen-bond acceptors (Lipinski definition) is 5. The summed E-state index contributed by atoms with van der Waals surface area (Å²) in [5, 5.41) is 12.3. The second-order valence-corrected chi connectivity index (χ2v) is 7.46. The zero-order valence-electron chi connectivity index (χ0n) is 11.9. The number of carboxylic acid groups (broad SMARTS) is 1. The van der Waals surface area contributed by atoms with Crippen LogP contribution in [0, 0.1) is 5.92 Å². The maximum atomic E-state index is 11.8. The molecule has 0 amide bonds. The van der Waals surface area contributed by atoms with Crippen LogP contribution >= 0.6 is 0 Å². The molecular weight excluding hydrogens is 292 g/mol. The molecule has 1 atom stereocenters.